The second kappa shape index (κ2) is 5.71. The third kappa shape index (κ3) is 3.03. The molecule has 6 heteroatoms. The molecular weight excluding hydrogens is 267 g/mol. The molecule has 0 spiro atoms. The molecule has 100 valence electrons. The monoisotopic (exact) mass is 280 g/mol. The minimum atomic E-state index is -0.443. The zero-order chi connectivity index (χ0) is 13.8. The fourth-order valence-electron chi connectivity index (χ4n) is 1.56. The first-order chi connectivity index (χ1) is 9.11. The highest BCUT2D eigenvalue weighted by molar-refractivity contribution is 7.08. The van der Waals surface area contributed by atoms with Crippen molar-refractivity contribution in [1.82, 2.24) is 0 Å². The van der Waals surface area contributed by atoms with Crippen molar-refractivity contribution >= 4 is 28.6 Å². The number of amides is 1. The van der Waals surface area contributed by atoms with Gasteiger partial charge in [-0.1, -0.05) is 0 Å². The highest BCUT2D eigenvalue weighted by atomic mass is 32.1. The molecule has 0 saturated heterocycles. The highest BCUT2D eigenvalue weighted by Crippen LogP contribution is 2.26. The average molecular weight is 280 g/mol. The Morgan fingerprint density at radius 3 is 2.95 bits per heavy atom. The summed E-state index contributed by atoms with van der Waals surface area (Å²) in [6, 6.07) is 3.82. The van der Waals surface area contributed by atoms with Crippen molar-refractivity contribution in [3.05, 3.63) is 40.3 Å². The topological polar surface area (TPSA) is 64.3 Å². The molecule has 0 aliphatic rings. The Balaban J connectivity index is 2.18. The molecule has 2 aromatic rings. The number of ether oxygens (including phenoxy) is 1. The quantitative estimate of drug-likeness (QED) is 0.846. The van der Waals surface area contributed by atoms with Crippen LogP contribution in [0.4, 0.5) is 15.8 Å². The zero-order valence-corrected chi connectivity index (χ0v) is 11.1. The lowest BCUT2D eigenvalue weighted by Crippen LogP contribution is -2.13. The van der Waals surface area contributed by atoms with Crippen molar-refractivity contribution in [3.63, 3.8) is 0 Å². The number of carbonyl (C=O) groups is 1. The molecule has 1 amide bonds. The lowest BCUT2D eigenvalue weighted by molar-refractivity contribution is 0.102. The van der Waals surface area contributed by atoms with Gasteiger partial charge in [0.15, 0.2) is 0 Å². The molecule has 0 unspecified atom stereocenters. The molecule has 1 heterocycles. The first-order valence-corrected chi connectivity index (χ1v) is 6.61. The van der Waals surface area contributed by atoms with E-state index in [1.165, 1.54) is 23.5 Å². The van der Waals surface area contributed by atoms with Crippen molar-refractivity contribution in [2.75, 3.05) is 17.7 Å². The molecule has 0 radical (unpaired) electrons. The smallest absolute Gasteiger partial charge is 0.260 e. The Kier molecular flexibility index (Phi) is 4.01. The second-order valence-electron chi connectivity index (χ2n) is 3.77. The molecule has 0 fully saturated rings. The molecule has 2 rings (SSSR count). The van der Waals surface area contributed by atoms with E-state index >= 15 is 0 Å². The minimum Gasteiger partial charge on any atom is -0.492 e. The van der Waals surface area contributed by atoms with E-state index < -0.39 is 5.82 Å². The van der Waals surface area contributed by atoms with Gasteiger partial charge in [-0.2, -0.15) is 0 Å². The molecule has 0 saturated carbocycles. The summed E-state index contributed by atoms with van der Waals surface area (Å²) in [5.74, 6) is -0.241. The van der Waals surface area contributed by atoms with E-state index in [1.54, 1.807) is 10.8 Å². The zero-order valence-electron chi connectivity index (χ0n) is 10.3. The van der Waals surface area contributed by atoms with Crippen LogP contribution in [-0.4, -0.2) is 12.5 Å². The van der Waals surface area contributed by atoms with Crippen LogP contribution in [0.2, 0.25) is 0 Å². The summed E-state index contributed by atoms with van der Waals surface area (Å²) in [4.78, 5) is 12.1. The Labute approximate surface area is 114 Å². The summed E-state index contributed by atoms with van der Waals surface area (Å²) in [6.07, 6.45) is 0. The largest absolute Gasteiger partial charge is 0.492 e. The Morgan fingerprint density at radius 1 is 1.47 bits per heavy atom. The maximum absolute atomic E-state index is 12.9. The summed E-state index contributed by atoms with van der Waals surface area (Å²) < 4.78 is 18.3. The van der Waals surface area contributed by atoms with Crippen LogP contribution in [0.3, 0.4) is 0 Å². The number of anilines is 2. The highest BCUT2D eigenvalue weighted by Gasteiger charge is 2.15. The third-order valence-electron chi connectivity index (χ3n) is 2.43. The van der Waals surface area contributed by atoms with Crippen molar-refractivity contribution < 1.29 is 13.9 Å². The first-order valence-electron chi connectivity index (χ1n) is 5.67. The number of hydrogen-bond acceptors (Lipinski definition) is 4. The fraction of sp³-hybridized carbons (Fsp3) is 0.154. The molecule has 1 aromatic heterocycles. The van der Waals surface area contributed by atoms with Crippen LogP contribution in [0, 0.1) is 5.82 Å². The number of hydrogen-bond donors (Lipinski definition) is 2. The summed E-state index contributed by atoms with van der Waals surface area (Å²) in [5.41, 5.74) is 6.63. The van der Waals surface area contributed by atoms with Gasteiger partial charge < -0.3 is 15.8 Å². The van der Waals surface area contributed by atoms with Crippen LogP contribution in [0.15, 0.2) is 29.0 Å². The SMILES string of the molecule is CCOc1cscc1C(=O)Nc1ccc(F)cc1N. The van der Waals surface area contributed by atoms with E-state index in [1.807, 2.05) is 6.92 Å². The van der Waals surface area contributed by atoms with Gasteiger partial charge in [-0.3, -0.25) is 4.79 Å². The van der Waals surface area contributed by atoms with E-state index in [0.717, 1.165) is 6.07 Å². The average Bonchev–Trinajstić information content (AvgIpc) is 2.81. The lowest BCUT2D eigenvalue weighted by Gasteiger charge is -2.09. The van der Waals surface area contributed by atoms with Gasteiger partial charge in [0.2, 0.25) is 0 Å². The number of nitrogens with one attached hydrogen (secondary N) is 1. The standard InChI is InChI=1S/C13H13FN2O2S/c1-2-18-12-7-19-6-9(12)13(17)16-11-4-3-8(14)5-10(11)15/h3-7H,2,15H2,1H3,(H,16,17). The Hall–Kier alpha value is -2.08. The van der Waals surface area contributed by atoms with Crippen molar-refractivity contribution in [2.24, 2.45) is 0 Å². The van der Waals surface area contributed by atoms with E-state index in [0.29, 0.717) is 23.6 Å². The Morgan fingerprint density at radius 2 is 2.26 bits per heavy atom. The maximum atomic E-state index is 12.9. The molecule has 0 aliphatic heterocycles. The summed E-state index contributed by atoms with van der Waals surface area (Å²) in [6.45, 7) is 2.33. The van der Waals surface area contributed by atoms with Gasteiger partial charge in [-0.25, -0.2) is 4.39 Å². The number of thiophene rings is 1. The number of nitrogen functional groups attached to an aromatic ring is 1. The predicted octanol–water partition coefficient (Wildman–Crippen LogP) is 3.12. The fourth-order valence-corrected chi connectivity index (χ4v) is 2.30. The lowest BCUT2D eigenvalue weighted by atomic mass is 10.2. The molecule has 3 N–H and O–H groups in total. The van der Waals surface area contributed by atoms with E-state index in [9.17, 15) is 9.18 Å². The van der Waals surface area contributed by atoms with Crippen LogP contribution in [0.5, 0.6) is 5.75 Å². The number of rotatable bonds is 4. The molecule has 1 aromatic carbocycles. The van der Waals surface area contributed by atoms with Crippen LogP contribution in [0.25, 0.3) is 0 Å². The normalized spacial score (nSPS) is 10.2. The van der Waals surface area contributed by atoms with Gasteiger partial charge in [0.05, 0.1) is 23.5 Å². The van der Waals surface area contributed by atoms with Crippen molar-refractivity contribution in [3.8, 4) is 5.75 Å². The summed E-state index contributed by atoms with van der Waals surface area (Å²) >= 11 is 1.37. The molecule has 0 aliphatic carbocycles. The maximum Gasteiger partial charge on any atom is 0.260 e. The van der Waals surface area contributed by atoms with Gasteiger partial charge in [0.1, 0.15) is 11.6 Å². The molecule has 0 bridgehead atoms. The minimum absolute atomic E-state index is 0.182. The van der Waals surface area contributed by atoms with Crippen molar-refractivity contribution in [2.45, 2.75) is 6.92 Å². The van der Waals surface area contributed by atoms with Gasteiger partial charge in [-0.15, -0.1) is 11.3 Å². The Bertz CT molecular complexity index is 598. The number of carbonyl (C=O) groups excluding carboxylic acids is 1. The molecule has 19 heavy (non-hydrogen) atoms. The van der Waals surface area contributed by atoms with Crippen LogP contribution < -0.4 is 15.8 Å². The van der Waals surface area contributed by atoms with Gasteiger partial charge >= 0.3 is 0 Å². The third-order valence-corrected chi connectivity index (χ3v) is 3.15. The molecule has 0 atom stereocenters. The van der Waals surface area contributed by atoms with Crippen LogP contribution in [-0.2, 0) is 0 Å². The number of halogens is 1. The molecular formula is C13H13FN2O2S. The second-order valence-corrected chi connectivity index (χ2v) is 4.51. The summed E-state index contributed by atoms with van der Waals surface area (Å²) in [7, 11) is 0. The van der Waals surface area contributed by atoms with Crippen LogP contribution in [0.1, 0.15) is 17.3 Å². The van der Waals surface area contributed by atoms with Crippen molar-refractivity contribution in [1.29, 1.82) is 0 Å². The molecule has 4 nitrogen and oxygen atoms in total. The number of benzene rings is 1. The predicted molar refractivity (Wildman–Crippen MR) is 74.3 cm³/mol. The van der Waals surface area contributed by atoms with Gasteiger partial charge in [0.25, 0.3) is 5.91 Å². The number of nitrogens with two attached hydrogens (primary N) is 1. The van der Waals surface area contributed by atoms with Gasteiger partial charge in [0, 0.05) is 10.8 Å². The van der Waals surface area contributed by atoms with E-state index in [4.69, 9.17) is 10.5 Å². The van der Waals surface area contributed by atoms with E-state index in [2.05, 4.69) is 5.32 Å². The van der Waals surface area contributed by atoms with Gasteiger partial charge in [-0.05, 0) is 25.1 Å². The van der Waals surface area contributed by atoms with Crippen LogP contribution >= 0.6 is 11.3 Å². The summed E-state index contributed by atoms with van der Waals surface area (Å²) in [5, 5.41) is 6.09. The van der Waals surface area contributed by atoms with E-state index in [-0.39, 0.29) is 11.6 Å². The first kappa shape index (κ1) is 13.4.